The standard InChI is InChI=1S/C57H79F3N4O15/c1-4-64(5-2)50-14-15-52(51(42-50)53-41-48(16-17-61-53)55(66)62-43-45-9-7-12-49(40-45)57(58,59)60)63-56(67)47-11-6-10-46(39-47)44-78-36-35-76-32-31-75-33-34-77-37-38-79-54(65)13-8-18-69-21-22-71-25-26-73-29-30-74-28-27-72-24-23-70-20-19-68-3/h6-7,9-12,14-17,39-42H,4-5,8,13,18-38,43-44H2,1-3H3,(H,62,66)(H,63,67). The lowest BCUT2D eigenvalue weighted by atomic mass is 10.0. The molecule has 2 amide bonds. The number of nitrogens with zero attached hydrogens (tertiary/aromatic N) is 2. The number of methoxy groups -OCH3 is 1. The molecule has 0 aliphatic rings. The van der Waals surface area contributed by atoms with E-state index in [1.165, 1.54) is 24.4 Å². The fraction of sp³-hybridized carbons (Fsp3) is 0.544. The highest BCUT2D eigenvalue weighted by Crippen LogP contribution is 2.33. The van der Waals surface area contributed by atoms with Crippen LogP contribution in [0.2, 0.25) is 0 Å². The molecule has 4 rings (SSSR count). The zero-order chi connectivity index (χ0) is 56.6. The number of alkyl halides is 3. The molecule has 79 heavy (non-hydrogen) atoms. The van der Waals surface area contributed by atoms with E-state index in [1.807, 2.05) is 32.0 Å². The van der Waals surface area contributed by atoms with Gasteiger partial charge in [0.1, 0.15) is 6.61 Å². The minimum atomic E-state index is -4.50. The second kappa shape index (κ2) is 40.5. The molecule has 1 aromatic heterocycles. The van der Waals surface area contributed by atoms with Gasteiger partial charge < -0.3 is 72.4 Å². The topological polar surface area (TPSA) is 202 Å². The van der Waals surface area contributed by atoms with Crippen molar-refractivity contribution in [3.05, 3.63) is 113 Å². The molecule has 0 aliphatic heterocycles. The van der Waals surface area contributed by atoms with E-state index in [0.29, 0.717) is 160 Å². The SMILES string of the molecule is CCN(CC)c1ccc(NC(=O)c2cccc(COCCOCCOCCOCCOC(=O)CCCOCCOCCOCCOCCOCCOCCOC)c2)c(-c2cc(C(=O)NCc3cccc(C(F)(F)F)c3)ccn2)c1. The van der Waals surface area contributed by atoms with Gasteiger partial charge in [0, 0.05) is 68.3 Å². The Morgan fingerprint density at radius 2 is 1.06 bits per heavy atom. The highest BCUT2D eigenvalue weighted by atomic mass is 19.4. The monoisotopic (exact) mass is 1120 g/mol. The van der Waals surface area contributed by atoms with Crippen LogP contribution in [0.25, 0.3) is 11.3 Å². The van der Waals surface area contributed by atoms with E-state index in [0.717, 1.165) is 36.5 Å². The number of carbonyl (C=O) groups excluding carboxylic acids is 3. The zero-order valence-electron chi connectivity index (χ0n) is 45.8. The van der Waals surface area contributed by atoms with Gasteiger partial charge in [0.25, 0.3) is 11.8 Å². The van der Waals surface area contributed by atoms with Gasteiger partial charge in [0.2, 0.25) is 0 Å². The third-order valence-corrected chi connectivity index (χ3v) is 11.4. The summed E-state index contributed by atoms with van der Waals surface area (Å²) in [5, 5.41) is 5.71. The Bertz CT molecular complexity index is 2310. The molecule has 2 N–H and O–H groups in total. The summed E-state index contributed by atoms with van der Waals surface area (Å²) in [5.41, 5.74) is 3.26. The maximum Gasteiger partial charge on any atom is 0.416 e. The molecule has 19 nitrogen and oxygen atoms in total. The van der Waals surface area contributed by atoms with Crippen molar-refractivity contribution in [2.24, 2.45) is 0 Å². The van der Waals surface area contributed by atoms with Crippen molar-refractivity contribution in [3.8, 4) is 11.3 Å². The van der Waals surface area contributed by atoms with Gasteiger partial charge in [-0.05, 0) is 86.0 Å². The predicted octanol–water partition coefficient (Wildman–Crippen LogP) is 7.43. The number of benzene rings is 3. The van der Waals surface area contributed by atoms with Crippen molar-refractivity contribution in [3.63, 3.8) is 0 Å². The summed E-state index contributed by atoms with van der Waals surface area (Å²) < 4.78 is 105. The maximum atomic E-state index is 13.7. The van der Waals surface area contributed by atoms with Crippen molar-refractivity contribution in [1.29, 1.82) is 0 Å². The van der Waals surface area contributed by atoms with Crippen LogP contribution in [0, 0.1) is 0 Å². The molecule has 0 saturated heterocycles. The summed E-state index contributed by atoms with van der Waals surface area (Å²) in [4.78, 5) is 45.6. The first-order chi connectivity index (χ1) is 38.5. The normalized spacial score (nSPS) is 11.5. The quantitative estimate of drug-likeness (QED) is 0.0327. The lowest BCUT2D eigenvalue weighted by molar-refractivity contribution is -0.145. The summed E-state index contributed by atoms with van der Waals surface area (Å²) in [6.45, 7) is 14.4. The lowest BCUT2D eigenvalue weighted by Crippen LogP contribution is -2.23. The van der Waals surface area contributed by atoms with E-state index in [9.17, 15) is 27.6 Å². The number of pyridine rings is 1. The van der Waals surface area contributed by atoms with Crippen LogP contribution in [-0.4, -0.2) is 182 Å². The van der Waals surface area contributed by atoms with E-state index in [4.69, 9.17) is 56.8 Å². The highest BCUT2D eigenvalue weighted by Gasteiger charge is 2.30. The number of nitrogens with one attached hydrogen (secondary N) is 2. The summed E-state index contributed by atoms with van der Waals surface area (Å²) >= 11 is 0. The van der Waals surface area contributed by atoms with Crippen molar-refractivity contribution < 1.29 is 84.4 Å². The van der Waals surface area contributed by atoms with Gasteiger partial charge in [-0.1, -0.05) is 24.3 Å². The molecule has 0 bridgehead atoms. The fourth-order valence-electron chi connectivity index (χ4n) is 7.30. The Kier molecular flexibility index (Phi) is 33.8. The lowest BCUT2D eigenvalue weighted by Gasteiger charge is -2.23. The Labute approximate surface area is 461 Å². The van der Waals surface area contributed by atoms with Crippen molar-refractivity contribution in [1.82, 2.24) is 10.3 Å². The predicted molar refractivity (Wildman–Crippen MR) is 289 cm³/mol. The number of ether oxygens (including phenoxy) is 12. The van der Waals surface area contributed by atoms with Crippen LogP contribution in [0.3, 0.4) is 0 Å². The molecule has 0 fully saturated rings. The van der Waals surface area contributed by atoms with Gasteiger partial charge >= 0.3 is 12.1 Å². The van der Waals surface area contributed by atoms with Crippen LogP contribution in [0.4, 0.5) is 24.5 Å². The highest BCUT2D eigenvalue weighted by molar-refractivity contribution is 6.06. The van der Waals surface area contributed by atoms with Crippen molar-refractivity contribution >= 4 is 29.2 Å². The van der Waals surface area contributed by atoms with Crippen LogP contribution >= 0.6 is 0 Å². The molecule has 438 valence electrons. The number of halogens is 3. The summed E-state index contributed by atoms with van der Waals surface area (Å²) in [6, 6.07) is 20.6. The summed E-state index contributed by atoms with van der Waals surface area (Å²) in [7, 11) is 1.63. The molecule has 22 heteroatoms. The summed E-state index contributed by atoms with van der Waals surface area (Å²) in [5.74, 6) is -1.18. The van der Waals surface area contributed by atoms with Crippen LogP contribution in [-0.2, 0) is 81.0 Å². The average Bonchev–Trinajstić information content (AvgIpc) is 3.48. The number of amides is 2. The molecule has 1 heterocycles. The van der Waals surface area contributed by atoms with E-state index in [-0.39, 0.29) is 50.2 Å². The molecule has 0 radical (unpaired) electrons. The van der Waals surface area contributed by atoms with E-state index in [2.05, 4.69) is 20.5 Å². The average molecular weight is 1120 g/mol. The molecule has 0 atom stereocenters. The molecule has 4 aromatic rings. The molecule has 0 unspecified atom stereocenters. The number of aromatic nitrogens is 1. The Hall–Kier alpha value is -5.63. The zero-order valence-corrected chi connectivity index (χ0v) is 45.8. The third kappa shape index (κ3) is 28.4. The first kappa shape index (κ1) is 65.9. The minimum Gasteiger partial charge on any atom is -0.463 e. The number of anilines is 2. The van der Waals surface area contributed by atoms with Gasteiger partial charge in [0.05, 0.1) is 149 Å². The van der Waals surface area contributed by atoms with E-state index < -0.39 is 17.6 Å². The third-order valence-electron chi connectivity index (χ3n) is 11.4. The summed E-state index contributed by atoms with van der Waals surface area (Å²) in [6.07, 6.45) is -2.25. The molecule has 0 spiro atoms. The van der Waals surface area contributed by atoms with Crippen LogP contribution in [0.5, 0.6) is 0 Å². The molecular formula is C57H79F3N4O15. The van der Waals surface area contributed by atoms with Gasteiger partial charge in [-0.25, -0.2) is 0 Å². The fourth-order valence-corrected chi connectivity index (χ4v) is 7.30. The van der Waals surface area contributed by atoms with Crippen LogP contribution < -0.4 is 15.5 Å². The molecule has 3 aromatic carbocycles. The Balaban J connectivity index is 1.01. The first-order valence-electron chi connectivity index (χ1n) is 26.6. The van der Waals surface area contributed by atoms with E-state index in [1.54, 1.807) is 37.4 Å². The van der Waals surface area contributed by atoms with Crippen LogP contribution in [0.1, 0.15) is 64.1 Å². The maximum absolute atomic E-state index is 13.7. The number of carbonyl (C=O) groups is 3. The number of hydrogen-bond acceptors (Lipinski definition) is 17. The minimum absolute atomic E-state index is 0.113. The second-order valence-corrected chi connectivity index (χ2v) is 17.2. The molecular weight excluding hydrogens is 1040 g/mol. The van der Waals surface area contributed by atoms with Crippen molar-refractivity contribution in [2.75, 3.05) is 169 Å². The Morgan fingerprint density at radius 1 is 0.544 bits per heavy atom. The van der Waals surface area contributed by atoms with Gasteiger partial charge in [0.15, 0.2) is 0 Å². The Morgan fingerprint density at radius 3 is 1.63 bits per heavy atom. The number of rotatable bonds is 45. The largest absolute Gasteiger partial charge is 0.463 e. The second-order valence-electron chi connectivity index (χ2n) is 17.2. The first-order valence-corrected chi connectivity index (χ1v) is 26.6. The van der Waals surface area contributed by atoms with Crippen LogP contribution in [0.15, 0.2) is 85.1 Å². The van der Waals surface area contributed by atoms with E-state index >= 15 is 0 Å². The number of hydrogen-bond donors (Lipinski definition) is 2. The van der Waals surface area contributed by atoms with Gasteiger partial charge in [-0.15, -0.1) is 0 Å². The van der Waals surface area contributed by atoms with Gasteiger partial charge in [-0.2, -0.15) is 13.2 Å². The molecule has 0 saturated carbocycles. The van der Waals surface area contributed by atoms with Gasteiger partial charge in [-0.3, -0.25) is 19.4 Å². The molecule has 0 aliphatic carbocycles. The smallest absolute Gasteiger partial charge is 0.416 e. The van der Waals surface area contributed by atoms with Crippen molar-refractivity contribution in [2.45, 2.75) is 46.0 Å². The number of esters is 1.